The zero-order valence-corrected chi connectivity index (χ0v) is 16.2. The molecule has 1 amide bonds. The van der Waals surface area contributed by atoms with E-state index >= 15 is 0 Å². The molecule has 0 radical (unpaired) electrons. The molecule has 0 aliphatic carbocycles. The fraction of sp³-hybridized carbons (Fsp3) is 0.286. The number of rotatable bonds is 5. The van der Waals surface area contributed by atoms with E-state index in [0.29, 0.717) is 5.56 Å². The summed E-state index contributed by atoms with van der Waals surface area (Å²) in [4.78, 5) is 24.4. The maximum atomic E-state index is 13.0. The zero-order valence-electron chi connectivity index (χ0n) is 16.2. The van der Waals surface area contributed by atoms with Crippen molar-refractivity contribution in [3.05, 3.63) is 75.0 Å². The van der Waals surface area contributed by atoms with Crippen LogP contribution in [-0.4, -0.2) is 15.7 Å². The van der Waals surface area contributed by atoms with Crippen molar-refractivity contribution < 1.29 is 13.6 Å². The van der Waals surface area contributed by atoms with Crippen molar-refractivity contribution in [3.63, 3.8) is 0 Å². The number of amides is 1. The molecule has 0 spiro atoms. The predicted octanol–water partition coefficient (Wildman–Crippen LogP) is 3.45. The Hall–Kier alpha value is -3.22. The molecule has 6 nitrogen and oxygen atoms in total. The van der Waals surface area contributed by atoms with Crippen LogP contribution in [0.4, 0.5) is 4.39 Å². The highest BCUT2D eigenvalue weighted by molar-refractivity contribution is 5.76. The van der Waals surface area contributed by atoms with E-state index in [0.717, 1.165) is 21.4 Å². The summed E-state index contributed by atoms with van der Waals surface area (Å²) in [6.45, 7) is 7.70. The molecule has 3 rings (SSSR count). The molecule has 1 aromatic heterocycles. The standard InChI is InChI=1S/C21H22FN3O3/c1-12-9-14(3)18(10-13(12)2)15(4)23-19(26)11-25-21(27)28-20(24-25)16-5-7-17(22)8-6-16/h5-10,15H,11H2,1-4H3,(H,23,26). The lowest BCUT2D eigenvalue weighted by atomic mass is 9.96. The number of aromatic nitrogens is 2. The van der Waals surface area contributed by atoms with Crippen molar-refractivity contribution in [1.29, 1.82) is 0 Å². The van der Waals surface area contributed by atoms with E-state index in [1.54, 1.807) is 0 Å². The van der Waals surface area contributed by atoms with E-state index in [9.17, 15) is 14.0 Å². The molecule has 2 aromatic carbocycles. The molecule has 28 heavy (non-hydrogen) atoms. The third kappa shape index (κ3) is 4.19. The number of nitrogens with one attached hydrogen (secondary N) is 1. The second-order valence-electron chi connectivity index (χ2n) is 6.92. The number of benzene rings is 2. The lowest BCUT2D eigenvalue weighted by Crippen LogP contribution is -2.33. The minimum Gasteiger partial charge on any atom is -0.388 e. The smallest absolute Gasteiger partial charge is 0.388 e. The Bertz CT molecular complexity index is 1070. The highest BCUT2D eigenvalue weighted by atomic mass is 19.1. The predicted molar refractivity (Wildman–Crippen MR) is 103 cm³/mol. The van der Waals surface area contributed by atoms with Crippen molar-refractivity contribution >= 4 is 5.91 Å². The van der Waals surface area contributed by atoms with Gasteiger partial charge in [0.05, 0.1) is 6.04 Å². The third-order valence-corrected chi connectivity index (χ3v) is 4.72. The summed E-state index contributed by atoms with van der Waals surface area (Å²) < 4.78 is 19.1. The summed E-state index contributed by atoms with van der Waals surface area (Å²) in [5, 5.41) is 6.91. The van der Waals surface area contributed by atoms with E-state index < -0.39 is 11.6 Å². The van der Waals surface area contributed by atoms with Crippen LogP contribution < -0.4 is 11.1 Å². The second-order valence-corrected chi connectivity index (χ2v) is 6.92. The first-order chi connectivity index (χ1) is 13.2. The minimum absolute atomic E-state index is 0.0378. The monoisotopic (exact) mass is 383 g/mol. The maximum absolute atomic E-state index is 13.0. The SMILES string of the molecule is Cc1cc(C)c(C(C)NC(=O)Cn2nc(-c3ccc(F)cc3)oc2=O)cc1C. The Morgan fingerprint density at radius 2 is 1.79 bits per heavy atom. The minimum atomic E-state index is -0.746. The number of carbonyl (C=O) groups excluding carboxylic acids is 1. The Balaban J connectivity index is 1.72. The van der Waals surface area contributed by atoms with Gasteiger partial charge in [-0.3, -0.25) is 4.79 Å². The topological polar surface area (TPSA) is 77.1 Å². The van der Waals surface area contributed by atoms with Gasteiger partial charge in [0.1, 0.15) is 12.4 Å². The van der Waals surface area contributed by atoms with Gasteiger partial charge in [0.25, 0.3) is 0 Å². The van der Waals surface area contributed by atoms with Gasteiger partial charge in [-0.05, 0) is 74.2 Å². The molecule has 0 aliphatic rings. The molecule has 1 unspecified atom stereocenters. The molecule has 1 atom stereocenters. The van der Waals surface area contributed by atoms with Crippen LogP contribution in [0.25, 0.3) is 11.5 Å². The quantitative estimate of drug-likeness (QED) is 0.732. The van der Waals surface area contributed by atoms with Crippen LogP contribution in [0.15, 0.2) is 45.6 Å². The van der Waals surface area contributed by atoms with Crippen LogP contribution >= 0.6 is 0 Å². The fourth-order valence-corrected chi connectivity index (χ4v) is 3.07. The number of halogens is 1. The van der Waals surface area contributed by atoms with Crippen LogP contribution in [0, 0.1) is 26.6 Å². The van der Waals surface area contributed by atoms with E-state index in [1.807, 2.05) is 27.7 Å². The summed E-state index contributed by atoms with van der Waals surface area (Å²) in [6.07, 6.45) is 0. The molecular weight excluding hydrogens is 361 g/mol. The van der Waals surface area contributed by atoms with Gasteiger partial charge in [0.2, 0.25) is 11.8 Å². The second kappa shape index (κ2) is 7.80. The van der Waals surface area contributed by atoms with Crippen molar-refractivity contribution in [2.75, 3.05) is 0 Å². The van der Waals surface area contributed by atoms with Gasteiger partial charge in [0.15, 0.2) is 0 Å². The third-order valence-electron chi connectivity index (χ3n) is 4.72. The van der Waals surface area contributed by atoms with Gasteiger partial charge in [-0.25, -0.2) is 9.18 Å². The average Bonchev–Trinajstić information content (AvgIpc) is 2.99. The van der Waals surface area contributed by atoms with Crippen molar-refractivity contribution in [2.45, 2.75) is 40.3 Å². The Kier molecular flexibility index (Phi) is 5.44. The van der Waals surface area contributed by atoms with Gasteiger partial charge >= 0.3 is 5.76 Å². The summed E-state index contributed by atoms with van der Waals surface area (Å²) in [5.74, 6) is -1.47. The molecule has 1 heterocycles. The molecule has 1 N–H and O–H groups in total. The number of hydrogen-bond donors (Lipinski definition) is 1. The Labute approximate surface area is 162 Å². The van der Waals surface area contributed by atoms with Crippen molar-refractivity contribution in [1.82, 2.24) is 15.1 Å². The van der Waals surface area contributed by atoms with Crippen LogP contribution in [0.2, 0.25) is 0 Å². The molecule has 0 saturated heterocycles. The van der Waals surface area contributed by atoms with E-state index in [4.69, 9.17) is 4.42 Å². The van der Waals surface area contributed by atoms with Crippen molar-refractivity contribution in [3.8, 4) is 11.5 Å². The fourth-order valence-electron chi connectivity index (χ4n) is 3.07. The molecular formula is C21H22FN3O3. The number of nitrogens with zero attached hydrogens (tertiary/aromatic N) is 2. The van der Waals surface area contributed by atoms with Gasteiger partial charge in [-0.15, -0.1) is 5.10 Å². The van der Waals surface area contributed by atoms with Gasteiger partial charge in [-0.1, -0.05) is 12.1 Å². The molecule has 0 fully saturated rings. The van der Waals surface area contributed by atoms with E-state index in [-0.39, 0.29) is 24.4 Å². The molecule has 0 saturated carbocycles. The van der Waals surface area contributed by atoms with Gasteiger partial charge in [0, 0.05) is 5.56 Å². The lowest BCUT2D eigenvalue weighted by molar-refractivity contribution is -0.122. The van der Waals surface area contributed by atoms with Crippen LogP contribution in [0.5, 0.6) is 0 Å². The van der Waals surface area contributed by atoms with E-state index in [2.05, 4.69) is 22.5 Å². The van der Waals surface area contributed by atoms with Crippen LogP contribution in [-0.2, 0) is 11.3 Å². The summed E-state index contributed by atoms with van der Waals surface area (Å²) >= 11 is 0. The molecule has 0 aliphatic heterocycles. The highest BCUT2D eigenvalue weighted by Crippen LogP contribution is 2.21. The highest BCUT2D eigenvalue weighted by Gasteiger charge is 2.17. The first kappa shape index (κ1) is 19.5. The zero-order chi connectivity index (χ0) is 20.4. The average molecular weight is 383 g/mol. The van der Waals surface area contributed by atoms with Crippen LogP contribution in [0.1, 0.15) is 35.2 Å². The molecule has 3 aromatic rings. The number of hydrogen-bond acceptors (Lipinski definition) is 4. The molecule has 0 bridgehead atoms. The normalized spacial score (nSPS) is 12.0. The Morgan fingerprint density at radius 1 is 1.14 bits per heavy atom. The van der Waals surface area contributed by atoms with E-state index in [1.165, 1.54) is 29.8 Å². The first-order valence-electron chi connectivity index (χ1n) is 8.95. The van der Waals surface area contributed by atoms with Crippen molar-refractivity contribution in [2.24, 2.45) is 0 Å². The summed E-state index contributed by atoms with van der Waals surface area (Å²) in [6, 6.07) is 9.33. The number of aryl methyl sites for hydroxylation is 3. The van der Waals surface area contributed by atoms with Crippen LogP contribution in [0.3, 0.4) is 0 Å². The maximum Gasteiger partial charge on any atom is 0.437 e. The molecule has 7 heteroatoms. The lowest BCUT2D eigenvalue weighted by Gasteiger charge is -2.18. The Morgan fingerprint density at radius 3 is 2.46 bits per heavy atom. The first-order valence-corrected chi connectivity index (χ1v) is 8.95. The molecule has 146 valence electrons. The number of carbonyl (C=O) groups is 1. The van der Waals surface area contributed by atoms with Gasteiger partial charge < -0.3 is 9.73 Å². The largest absolute Gasteiger partial charge is 0.437 e. The summed E-state index contributed by atoms with van der Waals surface area (Å²) in [5.41, 5.74) is 4.92. The summed E-state index contributed by atoms with van der Waals surface area (Å²) in [7, 11) is 0. The van der Waals surface area contributed by atoms with Gasteiger partial charge in [-0.2, -0.15) is 4.68 Å².